The van der Waals surface area contributed by atoms with Crippen molar-refractivity contribution < 1.29 is 26.2 Å². The van der Waals surface area contributed by atoms with Gasteiger partial charge in [0.1, 0.15) is 0 Å². The van der Waals surface area contributed by atoms with Gasteiger partial charge in [-0.15, -0.1) is 0 Å². The van der Waals surface area contributed by atoms with Gasteiger partial charge >= 0.3 is 0 Å². The SMILES string of the molecule is CN=C(C)/C=C(/C)O.[Pt].c1cnc2c(c1)ccc1ccc3cccnc3c12. The van der Waals surface area contributed by atoms with Crippen molar-refractivity contribution in [1.82, 2.24) is 9.97 Å². The monoisotopic (exact) mass is 538 g/mol. The number of hydrogen-bond donors (Lipinski definition) is 1. The summed E-state index contributed by atoms with van der Waals surface area (Å²) in [5.74, 6) is 0.299. The molecule has 27 heavy (non-hydrogen) atoms. The summed E-state index contributed by atoms with van der Waals surface area (Å²) in [6, 6.07) is 16.6. The van der Waals surface area contributed by atoms with Crippen molar-refractivity contribution in [1.29, 1.82) is 0 Å². The van der Waals surface area contributed by atoms with Crippen molar-refractivity contribution in [3.63, 3.8) is 0 Å². The molecule has 0 amide bonds. The van der Waals surface area contributed by atoms with Crippen LogP contribution in [-0.4, -0.2) is 27.8 Å². The van der Waals surface area contributed by atoms with Crippen molar-refractivity contribution in [3.05, 3.63) is 72.8 Å². The standard InChI is InChI=1S/C16H10N2.C6H11NO.Pt/c1-3-12-7-5-11-6-8-13-4-2-10-18-16(13)14(11)15(12)17-9-1;1-5(7-3)4-6(2)8;/h1-10H;4,8H,1-3H3;/b;6-4-,7-5?;. The van der Waals surface area contributed by atoms with Crippen LogP contribution in [0, 0.1) is 0 Å². The van der Waals surface area contributed by atoms with Crippen molar-refractivity contribution in [3.8, 4) is 0 Å². The van der Waals surface area contributed by atoms with Crippen LogP contribution in [0.5, 0.6) is 0 Å². The number of aliphatic imine (C=N–C) groups is 1. The molecule has 0 aliphatic carbocycles. The van der Waals surface area contributed by atoms with Gasteiger partial charge in [-0.1, -0.05) is 36.4 Å². The predicted molar refractivity (Wildman–Crippen MR) is 110 cm³/mol. The van der Waals surface area contributed by atoms with Crippen LogP contribution in [0.25, 0.3) is 32.6 Å². The molecule has 140 valence electrons. The molecule has 4 rings (SSSR count). The average Bonchev–Trinajstić information content (AvgIpc) is 2.67. The van der Waals surface area contributed by atoms with E-state index in [0.29, 0.717) is 5.76 Å². The number of pyridine rings is 2. The average molecular weight is 539 g/mol. The molecule has 0 unspecified atom stereocenters. The van der Waals surface area contributed by atoms with Crippen LogP contribution in [-0.2, 0) is 21.1 Å². The first kappa shape index (κ1) is 20.7. The minimum absolute atomic E-state index is 0. The van der Waals surface area contributed by atoms with E-state index in [9.17, 15) is 0 Å². The molecule has 0 atom stereocenters. The van der Waals surface area contributed by atoms with Gasteiger partial charge in [-0.3, -0.25) is 15.0 Å². The van der Waals surface area contributed by atoms with E-state index in [4.69, 9.17) is 5.11 Å². The Labute approximate surface area is 172 Å². The molecule has 2 aromatic carbocycles. The van der Waals surface area contributed by atoms with E-state index in [-0.39, 0.29) is 21.1 Å². The summed E-state index contributed by atoms with van der Waals surface area (Å²) in [5, 5.41) is 13.3. The maximum absolute atomic E-state index is 8.63. The van der Waals surface area contributed by atoms with Crippen LogP contribution in [0.1, 0.15) is 13.8 Å². The molecule has 0 spiro atoms. The normalized spacial score (nSPS) is 11.8. The smallest absolute Gasteiger partial charge is 0.0909 e. The van der Waals surface area contributed by atoms with E-state index in [1.165, 1.54) is 5.39 Å². The molecule has 4 aromatic rings. The van der Waals surface area contributed by atoms with E-state index in [1.807, 2.05) is 31.5 Å². The van der Waals surface area contributed by atoms with Crippen molar-refractivity contribution in [2.45, 2.75) is 13.8 Å². The number of aliphatic hydroxyl groups is 1. The van der Waals surface area contributed by atoms with E-state index in [2.05, 4.69) is 51.4 Å². The van der Waals surface area contributed by atoms with Crippen molar-refractivity contribution in [2.75, 3.05) is 7.05 Å². The minimum Gasteiger partial charge on any atom is -0.513 e. The molecular formula is C22H21N3OPt. The van der Waals surface area contributed by atoms with Gasteiger partial charge in [-0.25, -0.2) is 0 Å². The number of allylic oxidation sites excluding steroid dienone is 2. The second kappa shape index (κ2) is 9.38. The molecule has 4 nitrogen and oxygen atoms in total. The zero-order chi connectivity index (χ0) is 18.5. The molecule has 0 fully saturated rings. The molecule has 0 radical (unpaired) electrons. The topological polar surface area (TPSA) is 58.4 Å². The van der Waals surface area contributed by atoms with Crippen molar-refractivity contribution >= 4 is 38.3 Å². The molecule has 0 saturated carbocycles. The van der Waals surface area contributed by atoms with Crippen LogP contribution < -0.4 is 0 Å². The van der Waals surface area contributed by atoms with E-state index in [1.54, 1.807) is 20.0 Å². The second-order valence-corrected chi connectivity index (χ2v) is 6.03. The Kier molecular flexibility index (Phi) is 7.20. The third-order valence-corrected chi connectivity index (χ3v) is 4.10. The van der Waals surface area contributed by atoms with Gasteiger partial charge in [0, 0.05) is 62.4 Å². The van der Waals surface area contributed by atoms with E-state index in [0.717, 1.165) is 32.9 Å². The van der Waals surface area contributed by atoms with Gasteiger partial charge in [0.25, 0.3) is 0 Å². The number of fused-ring (bicyclic) bond motifs is 5. The van der Waals surface area contributed by atoms with Gasteiger partial charge in [-0.2, -0.15) is 0 Å². The molecule has 0 aliphatic heterocycles. The summed E-state index contributed by atoms with van der Waals surface area (Å²) < 4.78 is 0. The van der Waals surface area contributed by atoms with Gasteiger partial charge in [0.15, 0.2) is 0 Å². The third kappa shape index (κ3) is 4.78. The van der Waals surface area contributed by atoms with Crippen molar-refractivity contribution in [2.24, 2.45) is 4.99 Å². The zero-order valence-electron chi connectivity index (χ0n) is 15.5. The number of rotatable bonds is 1. The van der Waals surface area contributed by atoms with Crippen LogP contribution in [0.3, 0.4) is 0 Å². The summed E-state index contributed by atoms with van der Waals surface area (Å²) in [7, 11) is 1.69. The molecule has 0 aliphatic rings. The van der Waals surface area contributed by atoms with Gasteiger partial charge < -0.3 is 5.11 Å². The Bertz CT molecular complexity index is 1060. The summed E-state index contributed by atoms with van der Waals surface area (Å²) >= 11 is 0. The Balaban J connectivity index is 0.000000252. The minimum atomic E-state index is 0. The Morgan fingerprint density at radius 1 is 0.852 bits per heavy atom. The van der Waals surface area contributed by atoms with Crippen LogP contribution in [0.2, 0.25) is 0 Å². The maximum Gasteiger partial charge on any atom is 0.0909 e. The second-order valence-electron chi connectivity index (χ2n) is 6.03. The summed E-state index contributed by atoms with van der Waals surface area (Å²) in [6.07, 6.45) is 5.28. The number of aliphatic hydroxyl groups excluding tert-OH is 1. The fourth-order valence-electron chi connectivity index (χ4n) is 2.86. The molecule has 1 N–H and O–H groups in total. The van der Waals surface area contributed by atoms with Gasteiger partial charge in [0.2, 0.25) is 0 Å². The third-order valence-electron chi connectivity index (χ3n) is 4.10. The fourth-order valence-corrected chi connectivity index (χ4v) is 2.86. The van der Waals surface area contributed by atoms with Gasteiger partial charge in [0.05, 0.1) is 16.8 Å². The van der Waals surface area contributed by atoms with E-state index < -0.39 is 0 Å². The van der Waals surface area contributed by atoms with E-state index >= 15 is 0 Å². The first-order chi connectivity index (χ1) is 12.6. The number of benzene rings is 2. The summed E-state index contributed by atoms with van der Waals surface area (Å²) in [6.45, 7) is 3.45. The molecule has 0 saturated heterocycles. The molecule has 5 heteroatoms. The quantitative estimate of drug-likeness (QED) is 0.199. The number of hydrogen-bond acceptors (Lipinski definition) is 4. The van der Waals surface area contributed by atoms with Crippen LogP contribution in [0.4, 0.5) is 0 Å². The largest absolute Gasteiger partial charge is 0.513 e. The Hall–Kier alpha value is -2.58. The maximum atomic E-state index is 8.63. The zero-order valence-corrected chi connectivity index (χ0v) is 17.7. The summed E-state index contributed by atoms with van der Waals surface area (Å²) in [4.78, 5) is 12.8. The molecule has 2 heterocycles. The Morgan fingerprint density at radius 2 is 1.33 bits per heavy atom. The first-order valence-electron chi connectivity index (χ1n) is 8.42. The van der Waals surface area contributed by atoms with Crippen LogP contribution in [0.15, 0.2) is 77.8 Å². The van der Waals surface area contributed by atoms with Crippen LogP contribution >= 0.6 is 0 Å². The number of aromatic nitrogens is 2. The first-order valence-corrected chi connectivity index (χ1v) is 8.42. The molecular weight excluding hydrogens is 517 g/mol. The fraction of sp³-hybridized carbons (Fsp3) is 0.136. The molecule has 0 bridgehead atoms. The summed E-state index contributed by atoms with van der Waals surface area (Å²) in [5.41, 5.74) is 2.89. The van der Waals surface area contributed by atoms with Gasteiger partial charge in [-0.05, 0) is 37.4 Å². The molecule has 2 aromatic heterocycles. The predicted octanol–water partition coefficient (Wildman–Crippen LogP) is 5.47. The Morgan fingerprint density at radius 3 is 1.74 bits per heavy atom. The number of nitrogens with zero attached hydrogens (tertiary/aromatic N) is 3.